The van der Waals surface area contributed by atoms with Crippen LogP contribution >= 0.6 is 0 Å². The summed E-state index contributed by atoms with van der Waals surface area (Å²) in [6, 6.07) is 0. The Hall–Kier alpha value is -1.32. The van der Waals surface area contributed by atoms with Crippen molar-refractivity contribution >= 4 is 11.9 Å². The van der Waals surface area contributed by atoms with Crippen LogP contribution in [-0.2, 0) is 9.59 Å². The van der Waals surface area contributed by atoms with Crippen molar-refractivity contribution < 1.29 is 19.8 Å². The molecular weight excluding hydrogens is 208 g/mol. The fourth-order valence-corrected chi connectivity index (χ4v) is 1.38. The van der Waals surface area contributed by atoms with Crippen LogP contribution in [0.4, 0.5) is 0 Å². The highest BCUT2D eigenvalue weighted by Gasteiger charge is 2.17. The topological polar surface area (TPSA) is 74.6 Å². The van der Waals surface area contributed by atoms with Gasteiger partial charge in [-0.25, -0.2) is 0 Å². The van der Waals surface area contributed by atoms with Gasteiger partial charge in [-0.3, -0.25) is 9.59 Å². The van der Waals surface area contributed by atoms with Gasteiger partial charge in [-0.1, -0.05) is 38.3 Å². The number of aliphatic carboxylic acids is 2. The van der Waals surface area contributed by atoms with Crippen molar-refractivity contribution in [2.24, 2.45) is 5.92 Å². The molecule has 0 bridgehead atoms. The van der Waals surface area contributed by atoms with Crippen molar-refractivity contribution in [2.75, 3.05) is 0 Å². The summed E-state index contributed by atoms with van der Waals surface area (Å²) in [6.07, 6.45) is 8.26. The molecule has 0 aromatic heterocycles. The molecule has 2 N–H and O–H groups in total. The second kappa shape index (κ2) is 8.95. The highest BCUT2D eigenvalue weighted by molar-refractivity contribution is 5.79. The fraction of sp³-hybridized carbons (Fsp3) is 0.667. The molecule has 0 aliphatic carbocycles. The minimum atomic E-state index is -1.08. The minimum Gasteiger partial charge on any atom is -0.481 e. The zero-order chi connectivity index (χ0) is 12.4. The molecule has 0 saturated carbocycles. The first-order chi connectivity index (χ1) is 7.57. The third kappa shape index (κ3) is 8.03. The Kier molecular flexibility index (Phi) is 8.21. The monoisotopic (exact) mass is 228 g/mol. The van der Waals surface area contributed by atoms with Crippen LogP contribution in [0.3, 0.4) is 0 Å². The molecule has 1 unspecified atom stereocenters. The van der Waals surface area contributed by atoms with Crippen LogP contribution in [0.25, 0.3) is 0 Å². The van der Waals surface area contributed by atoms with E-state index in [9.17, 15) is 9.59 Å². The Morgan fingerprint density at radius 3 is 2.38 bits per heavy atom. The van der Waals surface area contributed by atoms with Crippen LogP contribution < -0.4 is 0 Å². The molecule has 92 valence electrons. The van der Waals surface area contributed by atoms with E-state index in [0.717, 1.165) is 19.3 Å². The third-order valence-corrected chi connectivity index (χ3v) is 2.30. The Morgan fingerprint density at radius 2 is 1.88 bits per heavy atom. The number of hydrogen-bond acceptors (Lipinski definition) is 2. The molecule has 0 saturated heterocycles. The molecule has 0 heterocycles. The zero-order valence-corrected chi connectivity index (χ0v) is 9.69. The van der Waals surface area contributed by atoms with E-state index in [1.165, 1.54) is 18.9 Å². The number of carbonyl (C=O) groups is 2. The molecule has 0 aromatic carbocycles. The van der Waals surface area contributed by atoms with Crippen molar-refractivity contribution in [3.8, 4) is 0 Å². The van der Waals surface area contributed by atoms with Crippen LogP contribution in [0.15, 0.2) is 12.2 Å². The number of unbranched alkanes of at least 4 members (excludes halogenated alkanes) is 4. The number of rotatable bonds is 9. The van der Waals surface area contributed by atoms with Gasteiger partial charge >= 0.3 is 11.9 Å². The van der Waals surface area contributed by atoms with Gasteiger partial charge in [0.25, 0.3) is 0 Å². The molecule has 16 heavy (non-hydrogen) atoms. The number of allylic oxidation sites excluding steroid dienone is 1. The van der Waals surface area contributed by atoms with Crippen LogP contribution in [0, 0.1) is 5.92 Å². The highest BCUT2D eigenvalue weighted by atomic mass is 16.4. The van der Waals surface area contributed by atoms with Gasteiger partial charge in [-0.15, -0.1) is 0 Å². The summed E-state index contributed by atoms with van der Waals surface area (Å²) in [7, 11) is 0. The summed E-state index contributed by atoms with van der Waals surface area (Å²) >= 11 is 0. The summed E-state index contributed by atoms with van der Waals surface area (Å²) in [5.41, 5.74) is 0. The molecule has 0 aliphatic rings. The van der Waals surface area contributed by atoms with Gasteiger partial charge in [0.2, 0.25) is 0 Å². The second-order valence-corrected chi connectivity index (χ2v) is 3.82. The Morgan fingerprint density at radius 1 is 1.19 bits per heavy atom. The largest absolute Gasteiger partial charge is 0.481 e. The summed E-state index contributed by atoms with van der Waals surface area (Å²) < 4.78 is 0. The van der Waals surface area contributed by atoms with Gasteiger partial charge in [-0.05, 0) is 12.8 Å². The molecule has 0 aliphatic heterocycles. The van der Waals surface area contributed by atoms with Gasteiger partial charge in [0.05, 0.1) is 12.3 Å². The molecule has 0 spiro atoms. The summed E-state index contributed by atoms with van der Waals surface area (Å²) in [5.74, 6) is -3.06. The molecule has 4 heteroatoms. The molecule has 4 nitrogen and oxygen atoms in total. The maximum atomic E-state index is 10.7. The molecule has 0 fully saturated rings. The first-order valence-electron chi connectivity index (χ1n) is 5.69. The second-order valence-electron chi connectivity index (χ2n) is 3.82. The van der Waals surface area contributed by atoms with Gasteiger partial charge < -0.3 is 10.2 Å². The zero-order valence-electron chi connectivity index (χ0n) is 9.69. The molecule has 0 aromatic rings. The third-order valence-electron chi connectivity index (χ3n) is 2.30. The first kappa shape index (κ1) is 14.7. The van der Waals surface area contributed by atoms with Gasteiger partial charge in [0.1, 0.15) is 0 Å². The smallest absolute Gasteiger partial charge is 0.310 e. The van der Waals surface area contributed by atoms with Crippen LogP contribution in [-0.4, -0.2) is 22.2 Å². The average molecular weight is 228 g/mol. The molecule has 0 rings (SSSR count). The van der Waals surface area contributed by atoms with E-state index in [1.54, 1.807) is 6.08 Å². The lowest BCUT2D eigenvalue weighted by Gasteiger charge is -2.03. The molecule has 0 radical (unpaired) electrons. The van der Waals surface area contributed by atoms with E-state index in [0.29, 0.717) is 0 Å². The van der Waals surface area contributed by atoms with Gasteiger partial charge in [0, 0.05) is 0 Å². The minimum absolute atomic E-state index is 0.346. The van der Waals surface area contributed by atoms with Crippen LogP contribution in [0.5, 0.6) is 0 Å². The highest BCUT2D eigenvalue weighted by Crippen LogP contribution is 2.08. The lowest BCUT2D eigenvalue weighted by molar-refractivity contribution is -0.146. The molecule has 0 amide bonds. The maximum Gasteiger partial charge on any atom is 0.310 e. The van der Waals surface area contributed by atoms with E-state index in [-0.39, 0.29) is 6.42 Å². The summed E-state index contributed by atoms with van der Waals surface area (Å²) in [6.45, 7) is 2.13. The van der Waals surface area contributed by atoms with Gasteiger partial charge in [-0.2, -0.15) is 0 Å². The van der Waals surface area contributed by atoms with Crippen molar-refractivity contribution in [3.05, 3.63) is 12.2 Å². The quantitative estimate of drug-likeness (QED) is 0.470. The normalized spacial score (nSPS) is 12.8. The molecule has 1 atom stereocenters. The van der Waals surface area contributed by atoms with Crippen molar-refractivity contribution in [1.29, 1.82) is 0 Å². The first-order valence-corrected chi connectivity index (χ1v) is 5.69. The van der Waals surface area contributed by atoms with E-state index in [1.807, 2.05) is 0 Å². The van der Waals surface area contributed by atoms with Crippen molar-refractivity contribution in [2.45, 2.75) is 45.4 Å². The van der Waals surface area contributed by atoms with Crippen LogP contribution in [0.1, 0.15) is 45.4 Å². The van der Waals surface area contributed by atoms with Gasteiger partial charge in [0.15, 0.2) is 0 Å². The predicted molar refractivity (Wildman–Crippen MR) is 61.3 cm³/mol. The van der Waals surface area contributed by atoms with E-state index >= 15 is 0 Å². The number of carboxylic acids is 2. The lowest BCUT2D eigenvalue weighted by Crippen LogP contribution is -2.15. The maximum absolute atomic E-state index is 10.7. The number of carboxylic acid groups (broad SMARTS) is 2. The SMILES string of the molecule is CCCCCC/C=C\C(CC(=O)O)C(=O)O. The van der Waals surface area contributed by atoms with E-state index in [2.05, 4.69) is 6.92 Å². The average Bonchev–Trinajstić information content (AvgIpc) is 2.20. The van der Waals surface area contributed by atoms with E-state index in [4.69, 9.17) is 10.2 Å². The number of hydrogen-bond donors (Lipinski definition) is 2. The summed E-state index contributed by atoms with van der Waals surface area (Å²) in [5, 5.41) is 17.3. The van der Waals surface area contributed by atoms with Crippen LogP contribution in [0.2, 0.25) is 0 Å². The fourth-order valence-electron chi connectivity index (χ4n) is 1.38. The Labute approximate surface area is 96.0 Å². The Balaban J connectivity index is 3.85. The Bertz CT molecular complexity index is 245. The van der Waals surface area contributed by atoms with E-state index < -0.39 is 17.9 Å². The summed E-state index contributed by atoms with van der Waals surface area (Å²) in [4.78, 5) is 21.1. The van der Waals surface area contributed by atoms with Crippen molar-refractivity contribution in [1.82, 2.24) is 0 Å². The molecular formula is C12H20O4. The standard InChI is InChI=1S/C12H20O4/c1-2-3-4-5-6-7-8-10(12(15)16)9-11(13)14/h7-8,10H,2-6,9H2,1H3,(H,13,14)(H,15,16)/b8-7-. The van der Waals surface area contributed by atoms with Crippen molar-refractivity contribution in [3.63, 3.8) is 0 Å². The lowest BCUT2D eigenvalue weighted by atomic mass is 10.0. The predicted octanol–water partition coefficient (Wildman–Crippen LogP) is 2.69.